The SMILES string of the molecule is CCOCc1nnc(NC(=O)C2CCCN(C(=O)C(C)(C)C)C2)s1. The molecule has 0 aliphatic carbocycles. The van der Waals surface area contributed by atoms with Crippen molar-refractivity contribution in [2.45, 2.75) is 47.1 Å². The molecule has 0 bridgehead atoms. The molecule has 1 aromatic heterocycles. The van der Waals surface area contributed by atoms with Crippen LogP contribution in [0.1, 0.15) is 45.5 Å². The van der Waals surface area contributed by atoms with E-state index in [0.29, 0.717) is 24.9 Å². The summed E-state index contributed by atoms with van der Waals surface area (Å²) in [5, 5.41) is 12.0. The van der Waals surface area contributed by atoms with Crippen molar-refractivity contribution in [1.29, 1.82) is 0 Å². The quantitative estimate of drug-likeness (QED) is 0.877. The molecule has 1 aliphatic rings. The van der Waals surface area contributed by atoms with E-state index in [1.807, 2.05) is 27.7 Å². The first-order valence-electron chi connectivity index (χ1n) is 8.31. The van der Waals surface area contributed by atoms with E-state index in [9.17, 15) is 9.59 Å². The number of amides is 2. The van der Waals surface area contributed by atoms with Crippen molar-refractivity contribution < 1.29 is 14.3 Å². The molecule has 0 saturated carbocycles. The van der Waals surface area contributed by atoms with Gasteiger partial charge in [0.15, 0.2) is 0 Å². The van der Waals surface area contributed by atoms with Crippen LogP contribution in [0, 0.1) is 11.3 Å². The van der Waals surface area contributed by atoms with E-state index >= 15 is 0 Å². The average molecular weight is 354 g/mol. The van der Waals surface area contributed by atoms with E-state index in [1.165, 1.54) is 11.3 Å². The highest BCUT2D eigenvalue weighted by Gasteiger charge is 2.33. The van der Waals surface area contributed by atoms with Crippen LogP contribution in [0.25, 0.3) is 0 Å². The first kappa shape index (κ1) is 18.8. The molecule has 1 aromatic rings. The molecule has 2 rings (SSSR count). The van der Waals surface area contributed by atoms with Crippen molar-refractivity contribution in [1.82, 2.24) is 15.1 Å². The number of rotatable bonds is 5. The van der Waals surface area contributed by atoms with Crippen LogP contribution in [0.3, 0.4) is 0 Å². The molecule has 2 heterocycles. The van der Waals surface area contributed by atoms with Crippen molar-refractivity contribution in [2.75, 3.05) is 25.0 Å². The molecule has 24 heavy (non-hydrogen) atoms. The Morgan fingerprint density at radius 1 is 1.38 bits per heavy atom. The summed E-state index contributed by atoms with van der Waals surface area (Å²) in [5.74, 6) is -0.209. The van der Waals surface area contributed by atoms with Gasteiger partial charge in [0.05, 0.1) is 5.92 Å². The maximum Gasteiger partial charge on any atom is 0.231 e. The maximum atomic E-state index is 12.5. The normalized spacial score (nSPS) is 18.5. The van der Waals surface area contributed by atoms with Crippen LogP contribution in [-0.2, 0) is 20.9 Å². The number of ether oxygens (including phenoxy) is 1. The van der Waals surface area contributed by atoms with Crippen molar-refractivity contribution in [3.05, 3.63) is 5.01 Å². The molecule has 1 fully saturated rings. The smallest absolute Gasteiger partial charge is 0.231 e. The predicted molar refractivity (Wildman–Crippen MR) is 92.6 cm³/mol. The third kappa shape index (κ3) is 4.98. The lowest BCUT2D eigenvalue weighted by molar-refractivity contribution is -0.142. The molecular formula is C16H26N4O3S. The molecule has 2 amide bonds. The standard InChI is InChI=1S/C16H26N4O3S/c1-5-23-10-12-18-19-15(24-12)17-13(21)11-7-6-8-20(9-11)14(22)16(2,3)4/h11H,5-10H2,1-4H3,(H,17,19,21). The van der Waals surface area contributed by atoms with Crippen LogP contribution in [0.15, 0.2) is 0 Å². The largest absolute Gasteiger partial charge is 0.374 e. The van der Waals surface area contributed by atoms with Crippen molar-refractivity contribution in [2.24, 2.45) is 11.3 Å². The molecule has 1 unspecified atom stereocenters. The van der Waals surface area contributed by atoms with Gasteiger partial charge in [-0.1, -0.05) is 32.1 Å². The van der Waals surface area contributed by atoms with Gasteiger partial charge in [0.1, 0.15) is 11.6 Å². The number of hydrogen-bond acceptors (Lipinski definition) is 6. The van der Waals surface area contributed by atoms with Crippen LogP contribution in [0.2, 0.25) is 0 Å². The zero-order valence-corrected chi connectivity index (χ0v) is 15.6. The Kier molecular flexibility index (Phi) is 6.28. The van der Waals surface area contributed by atoms with Crippen molar-refractivity contribution in [3.8, 4) is 0 Å². The van der Waals surface area contributed by atoms with Gasteiger partial charge in [-0.3, -0.25) is 9.59 Å². The van der Waals surface area contributed by atoms with Crippen LogP contribution in [-0.4, -0.2) is 46.6 Å². The Hall–Kier alpha value is -1.54. The Morgan fingerprint density at radius 2 is 2.12 bits per heavy atom. The summed E-state index contributed by atoms with van der Waals surface area (Å²) in [4.78, 5) is 26.7. The first-order valence-corrected chi connectivity index (χ1v) is 9.13. The summed E-state index contributed by atoms with van der Waals surface area (Å²) in [6.07, 6.45) is 1.62. The number of carbonyl (C=O) groups excluding carboxylic acids is 2. The van der Waals surface area contributed by atoms with Crippen LogP contribution in [0.4, 0.5) is 5.13 Å². The van der Waals surface area contributed by atoms with Gasteiger partial charge in [0, 0.05) is 25.1 Å². The van der Waals surface area contributed by atoms with E-state index in [2.05, 4.69) is 15.5 Å². The topological polar surface area (TPSA) is 84.4 Å². The molecule has 1 atom stereocenters. The second kappa shape index (κ2) is 8.02. The van der Waals surface area contributed by atoms with Gasteiger partial charge in [-0.2, -0.15) is 0 Å². The third-order valence-electron chi connectivity index (χ3n) is 3.85. The van der Waals surface area contributed by atoms with E-state index in [4.69, 9.17) is 4.74 Å². The number of anilines is 1. The summed E-state index contributed by atoms with van der Waals surface area (Å²) in [6.45, 7) is 9.82. The fourth-order valence-electron chi connectivity index (χ4n) is 2.61. The monoisotopic (exact) mass is 354 g/mol. The number of carbonyl (C=O) groups is 2. The second-order valence-electron chi connectivity index (χ2n) is 6.97. The van der Waals surface area contributed by atoms with Gasteiger partial charge < -0.3 is 15.0 Å². The lowest BCUT2D eigenvalue weighted by Gasteiger charge is -2.35. The van der Waals surface area contributed by atoms with E-state index in [-0.39, 0.29) is 17.7 Å². The molecule has 0 spiro atoms. The maximum absolute atomic E-state index is 12.5. The highest BCUT2D eigenvalue weighted by Crippen LogP contribution is 2.25. The summed E-state index contributed by atoms with van der Waals surface area (Å²) < 4.78 is 5.28. The Morgan fingerprint density at radius 3 is 2.79 bits per heavy atom. The second-order valence-corrected chi connectivity index (χ2v) is 8.03. The summed E-state index contributed by atoms with van der Waals surface area (Å²) in [6, 6.07) is 0. The van der Waals surface area contributed by atoms with Gasteiger partial charge in [0.25, 0.3) is 0 Å². The Balaban J connectivity index is 1.92. The minimum Gasteiger partial charge on any atom is -0.374 e. The molecule has 0 radical (unpaired) electrons. The van der Waals surface area contributed by atoms with Gasteiger partial charge in [0.2, 0.25) is 16.9 Å². The van der Waals surface area contributed by atoms with Gasteiger partial charge >= 0.3 is 0 Å². The van der Waals surface area contributed by atoms with Gasteiger partial charge in [-0.05, 0) is 19.8 Å². The van der Waals surface area contributed by atoms with Crippen LogP contribution < -0.4 is 5.32 Å². The molecule has 0 aromatic carbocycles. The van der Waals surface area contributed by atoms with E-state index in [1.54, 1.807) is 4.90 Å². The number of aromatic nitrogens is 2. The third-order valence-corrected chi connectivity index (χ3v) is 4.66. The number of nitrogens with zero attached hydrogens (tertiary/aromatic N) is 3. The fraction of sp³-hybridized carbons (Fsp3) is 0.750. The molecule has 1 aliphatic heterocycles. The number of likely N-dealkylation sites (tertiary alicyclic amines) is 1. The molecular weight excluding hydrogens is 328 g/mol. The molecule has 7 nitrogen and oxygen atoms in total. The molecule has 1 N–H and O–H groups in total. The number of nitrogens with one attached hydrogen (secondary N) is 1. The lowest BCUT2D eigenvalue weighted by atomic mass is 9.91. The van der Waals surface area contributed by atoms with Gasteiger partial charge in [-0.25, -0.2) is 0 Å². The van der Waals surface area contributed by atoms with Crippen LogP contribution >= 0.6 is 11.3 Å². The van der Waals surface area contributed by atoms with E-state index < -0.39 is 5.41 Å². The minimum atomic E-state index is -0.425. The van der Waals surface area contributed by atoms with Crippen molar-refractivity contribution >= 4 is 28.3 Å². The summed E-state index contributed by atoms with van der Waals surface area (Å²) in [5.41, 5.74) is -0.425. The Bertz CT molecular complexity index is 582. The zero-order chi connectivity index (χ0) is 17.7. The molecule has 1 saturated heterocycles. The first-order chi connectivity index (χ1) is 11.3. The summed E-state index contributed by atoms with van der Waals surface area (Å²) >= 11 is 1.32. The number of hydrogen-bond donors (Lipinski definition) is 1. The number of piperidine rings is 1. The fourth-order valence-corrected chi connectivity index (χ4v) is 3.29. The average Bonchev–Trinajstić information content (AvgIpc) is 2.98. The Labute approximate surface area is 146 Å². The molecule has 134 valence electrons. The van der Waals surface area contributed by atoms with Crippen LogP contribution in [0.5, 0.6) is 0 Å². The summed E-state index contributed by atoms with van der Waals surface area (Å²) in [7, 11) is 0. The van der Waals surface area contributed by atoms with Gasteiger partial charge in [-0.15, -0.1) is 10.2 Å². The van der Waals surface area contributed by atoms with E-state index in [0.717, 1.165) is 24.4 Å². The predicted octanol–water partition coefficient (Wildman–Crippen LogP) is 2.30. The zero-order valence-electron chi connectivity index (χ0n) is 14.8. The molecule has 8 heteroatoms. The minimum absolute atomic E-state index is 0.0925. The lowest BCUT2D eigenvalue weighted by Crippen LogP contribution is -2.47. The highest BCUT2D eigenvalue weighted by atomic mass is 32.1. The van der Waals surface area contributed by atoms with Crippen molar-refractivity contribution in [3.63, 3.8) is 0 Å². The highest BCUT2D eigenvalue weighted by molar-refractivity contribution is 7.15.